The second-order valence-corrected chi connectivity index (χ2v) is 5.68. The minimum atomic E-state index is -0.772. The van der Waals surface area contributed by atoms with Crippen LogP contribution in [0.1, 0.15) is 27.7 Å². The van der Waals surface area contributed by atoms with Crippen molar-refractivity contribution in [2.75, 3.05) is 0 Å². The maximum Gasteiger partial charge on any atom is 0.414 e. The smallest absolute Gasteiger partial charge is 0.414 e. The van der Waals surface area contributed by atoms with E-state index in [-0.39, 0.29) is 17.5 Å². The zero-order chi connectivity index (χ0) is 18.6. The Bertz CT molecular complexity index is 959. The second-order valence-electron chi connectivity index (χ2n) is 5.68. The number of aromatic amines is 1. The van der Waals surface area contributed by atoms with Crippen LogP contribution in [0.5, 0.6) is 0 Å². The molecule has 1 aliphatic rings. The third-order valence-electron chi connectivity index (χ3n) is 3.89. The van der Waals surface area contributed by atoms with E-state index in [4.69, 9.17) is 4.74 Å². The summed E-state index contributed by atoms with van der Waals surface area (Å²) in [5, 5.41) is 6.11. The summed E-state index contributed by atoms with van der Waals surface area (Å²) < 4.78 is 5.60. The average molecular weight is 360 g/mol. The Balaban J connectivity index is 1.54. The van der Waals surface area contributed by atoms with Crippen LogP contribution < -0.4 is 10.6 Å². The number of rotatable bonds is 3. The molecule has 0 atom stereocenters. The standard InChI is InChI=1S/C19H14N5O3/c25-17-14-16(21-11-20-14)22-18(23-17)24-19(26)27-15(12-7-3-1-4-8-12)13-9-5-2-6-10-13/h1-11,15H,(H,20,21)(H,22,24,26). The Kier molecular flexibility index (Phi) is 4.36. The maximum atomic E-state index is 12.4. The van der Waals surface area contributed by atoms with Gasteiger partial charge in [0, 0.05) is 0 Å². The molecule has 27 heavy (non-hydrogen) atoms. The van der Waals surface area contributed by atoms with Crippen LogP contribution in [0.3, 0.4) is 0 Å². The van der Waals surface area contributed by atoms with Crippen molar-refractivity contribution in [3.05, 3.63) is 83.8 Å². The van der Waals surface area contributed by atoms with Crippen LogP contribution in [-0.2, 0) is 4.74 Å². The molecule has 0 spiro atoms. The number of hydrogen-bond donors (Lipinski definition) is 2. The molecule has 2 aromatic carbocycles. The van der Waals surface area contributed by atoms with Gasteiger partial charge in [-0.2, -0.15) is 10.3 Å². The number of ether oxygens (including phenoxy) is 1. The van der Waals surface area contributed by atoms with Gasteiger partial charge in [0.2, 0.25) is 5.96 Å². The topological polar surface area (TPSA) is 111 Å². The molecule has 0 fully saturated rings. The van der Waals surface area contributed by atoms with Gasteiger partial charge in [-0.05, 0) is 11.1 Å². The Morgan fingerprint density at radius 3 is 2.26 bits per heavy atom. The van der Waals surface area contributed by atoms with Gasteiger partial charge in [0.05, 0.1) is 6.33 Å². The molecular formula is C19H14N5O3. The molecule has 0 saturated heterocycles. The van der Waals surface area contributed by atoms with Gasteiger partial charge < -0.3 is 9.72 Å². The lowest BCUT2D eigenvalue weighted by molar-refractivity contribution is 0.0965. The number of guanidine groups is 1. The quantitative estimate of drug-likeness (QED) is 0.748. The molecule has 4 rings (SSSR count). The number of imidazole rings is 1. The van der Waals surface area contributed by atoms with Gasteiger partial charge in [0.1, 0.15) is 0 Å². The van der Waals surface area contributed by atoms with E-state index in [0.29, 0.717) is 0 Å². The van der Waals surface area contributed by atoms with Gasteiger partial charge in [-0.15, -0.1) is 0 Å². The fraction of sp³-hybridized carbons (Fsp3) is 0.0526. The predicted molar refractivity (Wildman–Crippen MR) is 96.5 cm³/mol. The molecule has 3 aromatic rings. The number of amides is 2. The molecule has 8 nitrogen and oxygen atoms in total. The van der Waals surface area contributed by atoms with Gasteiger partial charge in [-0.1, -0.05) is 60.7 Å². The summed E-state index contributed by atoms with van der Waals surface area (Å²) >= 11 is 0. The summed E-state index contributed by atoms with van der Waals surface area (Å²) in [6.45, 7) is 0. The normalized spacial score (nSPS) is 12.8. The van der Waals surface area contributed by atoms with Gasteiger partial charge in [0.15, 0.2) is 17.6 Å². The third kappa shape index (κ3) is 3.54. The van der Waals surface area contributed by atoms with E-state index >= 15 is 0 Å². The SMILES string of the molecule is O=C(NC1=Nc2[nH]cnc2C(=O)[N]1)OC(c1ccccc1)c1ccccc1. The number of aliphatic imine (C=N–C) groups is 1. The number of aromatic nitrogens is 2. The molecule has 1 radical (unpaired) electrons. The first-order valence-electron chi connectivity index (χ1n) is 8.16. The first-order chi connectivity index (χ1) is 13.2. The van der Waals surface area contributed by atoms with Crippen LogP contribution in [0, 0.1) is 0 Å². The van der Waals surface area contributed by atoms with E-state index in [1.54, 1.807) is 0 Å². The van der Waals surface area contributed by atoms with Crippen molar-refractivity contribution in [1.82, 2.24) is 20.6 Å². The van der Waals surface area contributed by atoms with Crippen molar-refractivity contribution in [3.8, 4) is 0 Å². The molecule has 0 saturated carbocycles. The lowest BCUT2D eigenvalue weighted by Crippen LogP contribution is -2.41. The molecule has 2 heterocycles. The highest BCUT2D eigenvalue weighted by atomic mass is 16.6. The Labute approximate surface area is 154 Å². The third-order valence-corrected chi connectivity index (χ3v) is 3.89. The number of hydrogen-bond acceptors (Lipinski definition) is 5. The largest absolute Gasteiger partial charge is 0.436 e. The van der Waals surface area contributed by atoms with Gasteiger partial charge in [0.25, 0.3) is 0 Å². The summed E-state index contributed by atoms with van der Waals surface area (Å²) in [7, 11) is 0. The molecule has 1 aliphatic heterocycles. The van der Waals surface area contributed by atoms with Crippen molar-refractivity contribution in [1.29, 1.82) is 0 Å². The second kappa shape index (κ2) is 7.12. The van der Waals surface area contributed by atoms with Crippen molar-refractivity contribution in [2.45, 2.75) is 6.10 Å². The minimum Gasteiger partial charge on any atom is -0.436 e. The van der Waals surface area contributed by atoms with Crippen LogP contribution in [0.4, 0.5) is 10.6 Å². The molecular weight excluding hydrogens is 346 g/mol. The molecule has 8 heteroatoms. The number of carbonyl (C=O) groups excluding carboxylic acids is 2. The number of nitrogens with one attached hydrogen (secondary N) is 2. The molecule has 0 bridgehead atoms. The van der Waals surface area contributed by atoms with Crippen LogP contribution >= 0.6 is 0 Å². The number of benzene rings is 2. The van der Waals surface area contributed by atoms with Crippen molar-refractivity contribution < 1.29 is 14.3 Å². The molecule has 2 amide bonds. The monoisotopic (exact) mass is 360 g/mol. The Hall–Kier alpha value is -3.94. The summed E-state index contributed by atoms with van der Waals surface area (Å²) in [6.07, 6.45) is -0.0510. The molecule has 0 unspecified atom stereocenters. The predicted octanol–water partition coefficient (Wildman–Crippen LogP) is 2.67. The Morgan fingerprint density at radius 2 is 1.63 bits per heavy atom. The summed E-state index contributed by atoms with van der Waals surface area (Å²) in [4.78, 5) is 34.9. The number of H-pyrrole nitrogens is 1. The van der Waals surface area contributed by atoms with E-state index in [2.05, 4.69) is 25.6 Å². The maximum absolute atomic E-state index is 12.4. The van der Waals surface area contributed by atoms with Crippen LogP contribution in [0.2, 0.25) is 0 Å². The molecule has 0 aliphatic carbocycles. The van der Waals surface area contributed by atoms with Crippen LogP contribution in [0.25, 0.3) is 0 Å². The number of nitrogens with zero attached hydrogens (tertiary/aromatic N) is 3. The minimum absolute atomic E-state index is 0.111. The highest BCUT2D eigenvalue weighted by molar-refractivity contribution is 6.12. The van der Waals surface area contributed by atoms with Gasteiger partial charge in [-0.3, -0.25) is 10.1 Å². The number of alkyl carbamates (subject to hydrolysis) is 1. The summed E-state index contributed by atoms with van der Waals surface area (Å²) in [6, 6.07) is 18.7. The van der Waals surface area contributed by atoms with E-state index in [1.807, 2.05) is 60.7 Å². The summed E-state index contributed by atoms with van der Waals surface area (Å²) in [5.74, 6) is -0.492. The zero-order valence-electron chi connectivity index (χ0n) is 14.0. The van der Waals surface area contributed by atoms with Gasteiger partial charge in [-0.25, -0.2) is 9.78 Å². The van der Waals surface area contributed by atoms with Crippen molar-refractivity contribution in [2.24, 2.45) is 4.99 Å². The average Bonchev–Trinajstić information content (AvgIpc) is 3.17. The van der Waals surface area contributed by atoms with E-state index in [9.17, 15) is 9.59 Å². The van der Waals surface area contributed by atoms with Crippen LogP contribution in [0.15, 0.2) is 72.0 Å². The Morgan fingerprint density at radius 1 is 1.00 bits per heavy atom. The number of carbonyl (C=O) groups is 2. The highest BCUT2D eigenvalue weighted by Gasteiger charge is 2.26. The first-order valence-corrected chi connectivity index (χ1v) is 8.16. The zero-order valence-corrected chi connectivity index (χ0v) is 14.0. The highest BCUT2D eigenvalue weighted by Crippen LogP contribution is 2.26. The molecule has 2 N–H and O–H groups in total. The number of fused-ring (bicyclic) bond motifs is 1. The van der Waals surface area contributed by atoms with E-state index in [0.717, 1.165) is 11.1 Å². The molecule has 133 valence electrons. The first kappa shape index (κ1) is 16.5. The van der Waals surface area contributed by atoms with Gasteiger partial charge >= 0.3 is 12.0 Å². The van der Waals surface area contributed by atoms with E-state index < -0.39 is 18.1 Å². The lowest BCUT2D eigenvalue weighted by atomic mass is 10.0. The fourth-order valence-corrected chi connectivity index (χ4v) is 2.68. The van der Waals surface area contributed by atoms with Crippen molar-refractivity contribution in [3.63, 3.8) is 0 Å². The van der Waals surface area contributed by atoms with Crippen LogP contribution in [-0.4, -0.2) is 27.9 Å². The van der Waals surface area contributed by atoms with E-state index in [1.165, 1.54) is 6.33 Å². The lowest BCUT2D eigenvalue weighted by Gasteiger charge is -2.19. The summed E-state index contributed by atoms with van der Waals surface area (Å²) in [5.41, 5.74) is 1.74. The molecule has 1 aromatic heterocycles. The fourth-order valence-electron chi connectivity index (χ4n) is 2.68. The van der Waals surface area contributed by atoms with Crippen molar-refractivity contribution >= 4 is 23.8 Å².